The number of pyridine rings is 1. The van der Waals surface area contributed by atoms with Crippen molar-refractivity contribution >= 4 is 35.3 Å². The summed E-state index contributed by atoms with van der Waals surface area (Å²) >= 11 is 1.83. The van der Waals surface area contributed by atoms with Crippen LogP contribution in [0.5, 0.6) is 5.88 Å². The molecule has 0 spiro atoms. The van der Waals surface area contributed by atoms with Gasteiger partial charge in [0.05, 0.1) is 36.6 Å². The third-order valence-corrected chi connectivity index (χ3v) is 5.40. The van der Waals surface area contributed by atoms with E-state index in [-0.39, 0.29) is 28.5 Å². The molecule has 1 aromatic carbocycles. The lowest BCUT2D eigenvalue weighted by Gasteiger charge is -2.13. The molecule has 9 heteroatoms. The molecule has 2 heterocycles. The standard InChI is InChI=1S/C20H20N2O6S/c1-26-19(24)12-3-5-15(20(25)27-2)16(9-12)22-18(23)13-4-6-17(21-10-13)28-14-7-8-29-11-14/h3-6,9-10,14H,7-8,11H2,1-2H3,(H,22,23). The number of hydrogen-bond acceptors (Lipinski definition) is 8. The number of benzene rings is 1. The van der Waals surface area contributed by atoms with Crippen molar-refractivity contribution in [3.63, 3.8) is 0 Å². The van der Waals surface area contributed by atoms with Crippen LogP contribution >= 0.6 is 11.8 Å². The fourth-order valence-electron chi connectivity index (χ4n) is 2.74. The van der Waals surface area contributed by atoms with Crippen LogP contribution in [0.15, 0.2) is 36.5 Å². The van der Waals surface area contributed by atoms with Gasteiger partial charge < -0.3 is 19.5 Å². The number of methoxy groups -OCH3 is 2. The zero-order chi connectivity index (χ0) is 20.8. The average Bonchev–Trinajstić information content (AvgIpc) is 3.26. The first kappa shape index (κ1) is 20.7. The Bertz CT molecular complexity index is 910. The predicted molar refractivity (Wildman–Crippen MR) is 108 cm³/mol. The maximum Gasteiger partial charge on any atom is 0.339 e. The summed E-state index contributed by atoms with van der Waals surface area (Å²) in [5, 5.41) is 2.62. The fourth-order valence-corrected chi connectivity index (χ4v) is 3.83. The van der Waals surface area contributed by atoms with Gasteiger partial charge in [-0.05, 0) is 36.4 Å². The van der Waals surface area contributed by atoms with Gasteiger partial charge in [0.2, 0.25) is 5.88 Å². The molecule has 1 amide bonds. The lowest BCUT2D eigenvalue weighted by atomic mass is 10.1. The molecule has 152 valence electrons. The third-order valence-electron chi connectivity index (χ3n) is 4.27. The van der Waals surface area contributed by atoms with Gasteiger partial charge in [-0.25, -0.2) is 14.6 Å². The zero-order valence-corrected chi connectivity index (χ0v) is 16.8. The van der Waals surface area contributed by atoms with E-state index in [1.807, 2.05) is 11.8 Å². The van der Waals surface area contributed by atoms with Crippen LogP contribution in [0.4, 0.5) is 5.69 Å². The number of rotatable bonds is 6. The summed E-state index contributed by atoms with van der Waals surface area (Å²) < 4.78 is 15.2. The van der Waals surface area contributed by atoms with E-state index in [9.17, 15) is 14.4 Å². The van der Waals surface area contributed by atoms with Crippen LogP contribution in [0.3, 0.4) is 0 Å². The van der Waals surface area contributed by atoms with Gasteiger partial charge in [0, 0.05) is 18.0 Å². The average molecular weight is 416 g/mol. The number of carbonyl (C=O) groups excluding carboxylic acids is 3. The highest BCUT2D eigenvalue weighted by Gasteiger charge is 2.19. The molecule has 1 fully saturated rings. The molecule has 8 nitrogen and oxygen atoms in total. The van der Waals surface area contributed by atoms with Crippen LogP contribution in [0, 0.1) is 0 Å². The Morgan fingerprint density at radius 1 is 1.07 bits per heavy atom. The first-order valence-electron chi connectivity index (χ1n) is 8.84. The van der Waals surface area contributed by atoms with Crippen LogP contribution in [-0.4, -0.2) is 54.7 Å². The maximum absolute atomic E-state index is 12.6. The number of amides is 1. The number of thioether (sulfide) groups is 1. The van der Waals surface area contributed by atoms with E-state index in [4.69, 9.17) is 9.47 Å². The lowest BCUT2D eigenvalue weighted by Crippen LogP contribution is -2.18. The van der Waals surface area contributed by atoms with Crippen molar-refractivity contribution < 1.29 is 28.6 Å². The van der Waals surface area contributed by atoms with E-state index in [2.05, 4.69) is 15.0 Å². The molecule has 0 radical (unpaired) electrons. The molecule has 1 aliphatic heterocycles. The SMILES string of the molecule is COC(=O)c1ccc(C(=O)OC)c(NC(=O)c2ccc(OC3CCSC3)nc2)c1. The molecule has 0 bridgehead atoms. The highest BCUT2D eigenvalue weighted by atomic mass is 32.2. The smallest absolute Gasteiger partial charge is 0.339 e. The molecule has 1 unspecified atom stereocenters. The first-order chi connectivity index (χ1) is 14.0. The molecular weight excluding hydrogens is 396 g/mol. The summed E-state index contributed by atoms with van der Waals surface area (Å²) in [5.74, 6) is 0.720. The summed E-state index contributed by atoms with van der Waals surface area (Å²) in [6, 6.07) is 7.38. The van der Waals surface area contributed by atoms with Crippen LogP contribution in [0.25, 0.3) is 0 Å². The quantitative estimate of drug-likeness (QED) is 0.717. The second kappa shape index (κ2) is 9.42. The van der Waals surface area contributed by atoms with Gasteiger partial charge in [0.25, 0.3) is 5.91 Å². The second-order valence-corrected chi connectivity index (χ2v) is 7.34. The minimum atomic E-state index is -0.645. The number of nitrogens with one attached hydrogen (secondary N) is 1. The van der Waals surface area contributed by atoms with E-state index in [0.29, 0.717) is 5.88 Å². The topological polar surface area (TPSA) is 104 Å². The van der Waals surface area contributed by atoms with Gasteiger partial charge in [0.15, 0.2) is 0 Å². The molecule has 29 heavy (non-hydrogen) atoms. The summed E-state index contributed by atoms with van der Waals surface area (Å²) in [4.78, 5) is 40.6. The van der Waals surface area contributed by atoms with Crippen molar-refractivity contribution in [2.75, 3.05) is 31.0 Å². The van der Waals surface area contributed by atoms with Crippen molar-refractivity contribution in [1.82, 2.24) is 4.98 Å². The number of anilines is 1. The second-order valence-electron chi connectivity index (χ2n) is 6.19. The Labute approximate surface area is 171 Å². The number of hydrogen-bond donors (Lipinski definition) is 1. The van der Waals surface area contributed by atoms with Gasteiger partial charge >= 0.3 is 11.9 Å². The van der Waals surface area contributed by atoms with E-state index < -0.39 is 17.8 Å². The fraction of sp³-hybridized carbons (Fsp3) is 0.300. The summed E-state index contributed by atoms with van der Waals surface area (Å²) in [7, 11) is 2.47. The number of nitrogens with zero attached hydrogens (tertiary/aromatic N) is 1. The molecule has 0 saturated carbocycles. The number of aromatic nitrogens is 1. The van der Waals surface area contributed by atoms with Crippen LogP contribution in [0.1, 0.15) is 37.5 Å². The number of esters is 2. The summed E-state index contributed by atoms with van der Waals surface area (Å²) in [6.45, 7) is 0. The minimum Gasteiger partial charge on any atom is -0.473 e. The van der Waals surface area contributed by atoms with Crippen molar-refractivity contribution in [3.05, 3.63) is 53.2 Å². The van der Waals surface area contributed by atoms with E-state index >= 15 is 0 Å². The molecule has 0 aliphatic carbocycles. The van der Waals surface area contributed by atoms with Gasteiger partial charge in [-0.1, -0.05) is 0 Å². The molecular formula is C20H20N2O6S. The highest BCUT2D eigenvalue weighted by molar-refractivity contribution is 7.99. The van der Waals surface area contributed by atoms with Crippen molar-refractivity contribution in [2.45, 2.75) is 12.5 Å². The van der Waals surface area contributed by atoms with Crippen LogP contribution in [0.2, 0.25) is 0 Å². The first-order valence-corrected chi connectivity index (χ1v) is 9.99. The maximum atomic E-state index is 12.6. The Morgan fingerprint density at radius 3 is 2.45 bits per heavy atom. The minimum absolute atomic E-state index is 0.111. The molecule has 1 saturated heterocycles. The van der Waals surface area contributed by atoms with Gasteiger partial charge in [-0.3, -0.25) is 4.79 Å². The van der Waals surface area contributed by atoms with Gasteiger partial charge in [0.1, 0.15) is 6.10 Å². The Kier molecular flexibility index (Phi) is 6.71. The van der Waals surface area contributed by atoms with E-state index in [1.165, 1.54) is 38.6 Å². The molecule has 1 aliphatic rings. The van der Waals surface area contributed by atoms with Gasteiger partial charge in [-0.2, -0.15) is 11.8 Å². The third kappa shape index (κ3) is 5.05. The summed E-state index contributed by atoms with van der Waals surface area (Å²) in [5.41, 5.74) is 0.706. The molecule has 1 N–H and O–H groups in total. The van der Waals surface area contributed by atoms with Crippen molar-refractivity contribution in [3.8, 4) is 5.88 Å². The number of carbonyl (C=O) groups is 3. The van der Waals surface area contributed by atoms with Crippen molar-refractivity contribution in [2.24, 2.45) is 0 Å². The zero-order valence-electron chi connectivity index (χ0n) is 16.0. The predicted octanol–water partition coefficient (Wildman–Crippen LogP) is 2.79. The Morgan fingerprint density at radius 2 is 1.83 bits per heavy atom. The largest absolute Gasteiger partial charge is 0.473 e. The van der Waals surface area contributed by atoms with Crippen LogP contribution < -0.4 is 10.1 Å². The Balaban J connectivity index is 1.77. The number of ether oxygens (including phenoxy) is 3. The monoisotopic (exact) mass is 416 g/mol. The van der Waals surface area contributed by atoms with Gasteiger partial charge in [-0.15, -0.1) is 0 Å². The van der Waals surface area contributed by atoms with E-state index in [1.54, 1.807) is 12.1 Å². The highest BCUT2D eigenvalue weighted by Crippen LogP contribution is 2.23. The normalized spacial score (nSPS) is 15.4. The molecule has 1 atom stereocenters. The Hall–Kier alpha value is -3.07. The molecule has 1 aromatic heterocycles. The molecule has 3 rings (SSSR count). The molecule has 2 aromatic rings. The lowest BCUT2D eigenvalue weighted by molar-refractivity contribution is 0.0587. The van der Waals surface area contributed by atoms with Crippen LogP contribution in [-0.2, 0) is 9.47 Å². The summed E-state index contributed by atoms with van der Waals surface area (Å²) in [6.07, 6.45) is 2.51. The van der Waals surface area contributed by atoms with E-state index in [0.717, 1.165) is 17.9 Å². The van der Waals surface area contributed by atoms with Crippen molar-refractivity contribution in [1.29, 1.82) is 0 Å².